The van der Waals surface area contributed by atoms with Gasteiger partial charge >= 0.3 is 0 Å². The molecule has 0 amide bonds. The average molecular weight is 703 g/mol. The Hall–Kier alpha value is -7.36. The number of anilines is 3. The molecule has 0 radical (unpaired) electrons. The summed E-state index contributed by atoms with van der Waals surface area (Å²) in [5.41, 5.74) is 13.2. The summed E-state index contributed by atoms with van der Waals surface area (Å²) >= 11 is 0. The van der Waals surface area contributed by atoms with E-state index in [4.69, 9.17) is 4.42 Å². The molecule has 0 saturated heterocycles. The third-order valence-electron chi connectivity index (χ3n) is 11.0. The first kappa shape index (κ1) is 31.2. The van der Waals surface area contributed by atoms with Crippen molar-refractivity contribution in [1.82, 2.24) is 4.57 Å². The molecule has 0 aliphatic carbocycles. The second-order valence-corrected chi connectivity index (χ2v) is 14.1. The highest BCUT2D eigenvalue weighted by Gasteiger charge is 2.22. The van der Waals surface area contributed by atoms with Crippen LogP contribution in [-0.4, -0.2) is 4.57 Å². The Kier molecular flexibility index (Phi) is 7.17. The molecule has 55 heavy (non-hydrogen) atoms. The molecule has 2 aromatic heterocycles. The SMILES string of the molecule is c1ccc(-c2cccc(N(c3ccc(-c4ccc5oc6c7ccccc7ccc6c5c4)cc3)c3cccc4c5ccccc5n(-c5ccccc5)c34)c2)cc1. The van der Waals surface area contributed by atoms with Gasteiger partial charge in [-0.25, -0.2) is 0 Å². The van der Waals surface area contributed by atoms with E-state index in [0.29, 0.717) is 0 Å². The van der Waals surface area contributed by atoms with Crippen LogP contribution in [0.2, 0.25) is 0 Å². The third kappa shape index (κ3) is 5.13. The van der Waals surface area contributed by atoms with Gasteiger partial charge < -0.3 is 13.9 Å². The zero-order chi connectivity index (χ0) is 36.3. The molecule has 0 aliphatic heterocycles. The van der Waals surface area contributed by atoms with E-state index in [-0.39, 0.29) is 0 Å². The van der Waals surface area contributed by atoms with Crippen LogP contribution in [-0.2, 0) is 0 Å². The normalized spacial score (nSPS) is 11.6. The zero-order valence-corrected chi connectivity index (χ0v) is 29.9. The molecule has 0 atom stereocenters. The maximum Gasteiger partial charge on any atom is 0.143 e. The molecular formula is C52H34N2O. The van der Waals surface area contributed by atoms with Gasteiger partial charge in [0, 0.05) is 44.0 Å². The van der Waals surface area contributed by atoms with E-state index < -0.39 is 0 Å². The van der Waals surface area contributed by atoms with Crippen molar-refractivity contribution in [1.29, 1.82) is 0 Å². The van der Waals surface area contributed by atoms with Crippen LogP contribution in [0.5, 0.6) is 0 Å². The van der Waals surface area contributed by atoms with Crippen LogP contribution >= 0.6 is 0 Å². The van der Waals surface area contributed by atoms with E-state index in [0.717, 1.165) is 66.7 Å². The van der Waals surface area contributed by atoms with Gasteiger partial charge in [0.05, 0.1) is 16.7 Å². The summed E-state index contributed by atoms with van der Waals surface area (Å²) in [4.78, 5) is 2.41. The number of hydrogen-bond donors (Lipinski definition) is 0. The molecule has 0 aliphatic rings. The minimum absolute atomic E-state index is 0.901. The Balaban J connectivity index is 1.10. The maximum absolute atomic E-state index is 6.44. The standard InChI is InChI=1S/C52H34N2O/c1-3-13-35(14-4-1)38-16-11-19-42(33-38)53(49-24-12-22-45-44-21-9-10-23-48(44)54(51(45)49)40-17-5-2-6-18-40)41-29-25-36(26-30-41)39-28-32-50-47(34-39)46-31-27-37-15-7-8-20-43(37)52(46)55-50/h1-34H. The van der Waals surface area contributed by atoms with Crippen LogP contribution in [0.25, 0.3) is 82.5 Å². The van der Waals surface area contributed by atoms with Gasteiger partial charge in [-0.05, 0) is 94.4 Å². The fraction of sp³-hybridized carbons (Fsp3) is 0. The quantitative estimate of drug-likeness (QED) is 0.172. The number of fused-ring (bicyclic) bond motifs is 8. The molecule has 0 bridgehead atoms. The molecule has 0 fully saturated rings. The van der Waals surface area contributed by atoms with Crippen LogP contribution < -0.4 is 4.90 Å². The topological polar surface area (TPSA) is 21.3 Å². The van der Waals surface area contributed by atoms with Crippen LogP contribution in [0, 0.1) is 0 Å². The monoisotopic (exact) mass is 702 g/mol. The first-order valence-corrected chi connectivity index (χ1v) is 18.8. The molecule has 0 saturated carbocycles. The van der Waals surface area contributed by atoms with E-state index >= 15 is 0 Å². The minimum atomic E-state index is 0.901. The lowest BCUT2D eigenvalue weighted by Gasteiger charge is -2.28. The van der Waals surface area contributed by atoms with Crippen LogP contribution in [0.15, 0.2) is 211 Å². The van der Waals surface area contributed by atoms with Crippen molar-refractivity contribution in [3.63, 3.8) is 0 Å². The Morgan fingerprint density at radius 2 is 1.04 bits per heavy atom. The van der Waals surface area contributed by atoms with Crippen LogP contribution in [0.4, 0.5) is 17.1 Å². The molecule has 3 heteroatoms. The molecule has 0 unspecified atom stereocenters. The second-order valence-electron chi connectivity index (χ2n) is 14.1. The Morgan fingerprint density at radius 1 is 0.382 bits per heavy atom. The molecule has 0 N–H and O–H groups in total. The number of hydrogen-bond acceptors (Lipinski definition) is 2. The van der Waals surface area contributed by atoms with Crippen LogP contribution in [0.3, 0.4) is 0 Å². The van der Waals surface area contributed by atoms with E-state index in [1.165, 1.54) is 32.8 Å². The van der Waals surface area contributed by atoms with Crippen molar-refractivity contribution in [3.8, 4) is 27.9 Å². The second kappa shape index (κ2) is 12.6. The first-order valence-electron chi connectivity index (χ1n) is 18.8. The van der Waals surface area contributed by atoms with Crippen molar-refractivity contribution in [2.75, 3.05) is 4.90 Å². The Bertz CT molecular complexity index is 3190. The number of para-hydroxylation sites is 3. The van der Waals surface area contributed by atoms with Crippen molar-refractivity contribution in [3.05, 3.63) is 206 Å². The number of nitrogens with zero attached hydrogens (tertiary/aromatic N) is 2. The summed E-state index contributed by atoms with van der Waals surface area (Å²) in [5, 5.41) is 7.03. The van der Waals surface area contributed by atoms with Crippen molar-refractivity contribution in [2.24, 2.45) is 0 Å². The van der Waals surface area contributed by atoms with E-state index in [2.05, 4.69) is 216 Å². The van der Waals surface area contributed by atoms with Gasteiger partial charge in [0.25, 0.3) is 0 Å². The smallest absolute Gasteiger partial charge is 0.143 e. The zero-order valence-electron chi connectivity index (χ0n) is 29.9. The van der Waals surface area contributed by atoms with Gasteiger partial charge in [-0.15, -0.1) is 0 Å². The predicted octanol–water partition coefficient (Wildman–Crippen LogP) is 14.6. The lowest BCUT2D eigenvalue weighted by atomic mass is 10.0. The number of benzene rings is 9. The van der Waals surface area contributed by atoms with E-state index in [9.17, 15) is 0 Å². The molecule has 0 spiro atoms. The van der Waals surface area contributed by atoms with Gasteiger partial charge in [0.15, 0.2) is 0 Å². The Labute approximate surface area is 318 Å². The molecule has 11 aromatic rings. The van der Waals surface area contributed by atoms with E-state index in [1.807, 2.05) is 0 Å². The summed E-state index contributed by atoms with van der Waals surface area (Å²) in [6.45, 7) is 0. The summed E-state index contributed by atoms with van der Waals surface area (Å²) in [7, 11) is 0. The largest absolute Gasteiger partial charge is 0.455 e. The van der Waals surface area contributed by atoms with Crippen LogP contribution in [0.1, 0.15) is 0 Å². The molecule has 3 nitrogen and oxygen atoms in total. The summed E-state index contributed by atoms with van der Waals surface area (Å²) < 4.78 is 8.85. The van der Waals surface area contributed by atoms with Gasteiger partial charge in [0.2, 0.25) is 0 Å². The number of aromatic nitrogens is 1. The molecule has 258 valence electrons. The minimum Gasteiger partial charge on any atom is -0.455 e. The van der Waals surface area contributed by atoms with Crippen molar-refractivity contribution in [2.45, 2.75) is 0 Å². The summed E-state index contributed by atoms with van der Waals surface area (Å²) in [5.74, 6) is 0. The van der Waals surface area contributed by atoms with Gasteiger partial charge in [-0.2, -0.15) is 0 Å². The summed E-state index contributed by atoms with van der Waals surface area (Å²) in [6.07, 6.45) is 0. The van der Waals surface area contributed by atoms with E-state index in [1.54, 1.807) is 0 Å². The number of rotatable bonds is 6. The van der Waals surface area contributed by atoms with Gasteiger partial charge in [0.1, 0.15) is 11.2 Å². The predicted molar refractivity (Wildman–Crippen MR) is 231 cm³/mol. The molecular weight excluding hydrogens is 669 g/mol. The number of furan rings is 1. The molecule has 9 aromatic carbocycles. The Morgan fingerprint density at radius 3 is 1.89 bits per heavy atom. The lowest BCUT2D eigenvalue weighted by molar-refractivity contribution is 0.672. The van der Waals surface area contributed by atoms with Gasteiger partial charge in [-0.1, -0.05) is 140 Å². The lowest BCUT2D eigenvalue weighted by Crippen LogP contribution is -2.11. The molecule has 2 heterocycles. The third-order valence-corrected chi connectivity index (χ3v) is 11.0. The average Bonchev–Trinajstić information content (AvgIpc) is 3.81. The summed E-state index contributed by atoms with van der Waals surface area (Å²) in [6, 6.07) is 74.0. The highest BCUT2D eigenvalue weighted by molar-refractivity contribution is 6.16. The first-order chi connectivity index (χ1) is 27.3. The fourth-order valence-corrected chi connectivity index (χ4v) is 8.40. The van der Waals surface area contributed by atoms with Crippen molar-refractivity contribution < 1.29 is 4.42 Å². The highest BCUT2D eigenvalue weighted by Crippen LogP contribution is 2.45. The molecule has 11 rings (SSSR count). The van der Waals surface area contributed by atoms with Crippen molar-refractivity contribution >= 4 is 71.6 Å². The maximum atomic E-state index is 6.44. The van der Waals surface area contributed by atoms with Gasteiger partial charge in [-0.3, -0.25) is 0 Å². The highest BCUT2D eigenvalue weighted by atomic mass is 16.3. The fourth-order valence-electron chi connectivity index (χ4n) is 8.40.